The Hall–Kier alpha value is -2.08. The highest BCUT2D eigenvalue weighted by molar-refractivity contribution is 7.91. The van der Waals surface area contributed by atoms with Crippen LogP contribution in [0.5, 0.6) is 5.75 Å². The third-order valence-electron chi connectivity index (χ3n) is 2.78. The van der Waals surface area contributed by atoms with Crippen LogP contribution in [0.1, 0.15) is 19.4 Å². The van der Waals surface area contributed by atoms with Crippen molar-refractivity contribution in [2.45, 2.75) is 25.7 Å². The molecule has 0 aromatic heterocycles. The second-order valence-corrected chi connectivity index (χ2v) is 6.87. The molecule has 2 rings (SSSR count). The summed E-state index contributed by atoms with van der Waals surface area (Å²) in [5.41, 5.74) is 0.513. The van der Waals surface area contributed by atoms with E-state index in [1.165, 1.54) is 18.2 Å². The van der Waals surface area contributed by atoms with E-state index in [-0.39, 0.29) is 11.7 Å². The van der Waals surface area contributed by atoms with Crippen LogP contribution in [0, 0.1) is 5.82 Å². The summed E-state index contributed by atoms with van der Waals surface area (Å²) in [5, 5.41) is 0. The number of anilines is 1. The van der Waals surface area contributed by atoms with Crippen LogP contribution >= 0.6 is 0 Å². The van der Waals surface area contributed by atoms with Gasteiger partial charge in [0, 0.05) is 11.6 Å². The number of hydrogen-bond donors (Lipinski definition) is 1. The van der Waals surface area contributed by atoms with Gasteiger partial charge in [-0.1, -0.05) is 24.3 Å². The van der Waals surface area contributed by atoms with Crippen molar-refractivity contribution in [3.05, 3.63) is 59.9 Å². The van der Waals surface area contributed by atoms with Crippen LogP contribution in [0.3, 0.4) is 0 Å². The van der Waals surface area contributed by atoms with Gasteiger partial charge in [-0.3, -0.25) is 4.72 Å². The maximum absolute atomic E-state index is 13.6. The van der Waals surface area contributed by atoms with Gasteiger partial charge >= 0.3 is 0 Å². The van der Waals surface area contributed by atoms with Crippen LogP contribution in [-0.4, -0.2) is 14.5 Å². The van der Waals surface area contributed by atoms with Crippen LogP contribution in [-0.2, 0) is 15.8 Å². The molecule has 0 aliphatic heterocycles. The summed E-state index contributed by atoms with van der Waals surface area (Å²) in [4.78, 5) is 0. The van der Waals surface area contributed by atoms with Gasteiger partial charge < -0.3 is 4.74 Å². The molecule has 0 aliphatic rings. The Morgan fingerprint density at radius 2 is 1.86 bits per heavy atom. The van der Waals surface area contributed by atoms with Gasteiger partial charge in [0.1, 0.15) is 11.6 Å². The maximum Gasteiger partial charge on any atom is 0.237 e. The highest BCUT2D eigenvalue weighted by atomic mass is 32.2. The van der Waals surface area contributed by atoms with Crippen LogP contribution in [0.25, 0.3) is 0 Å². The lowest BCUT2D eigenvalue weighted by molar-refractivity contribution is 0.242. The van der Waals surface area contributed by atoms with E-state index >= 15 is 0 Å². The number of hydrogen-bond acceptors (Lipinski definition) is 3. The summed E-state index contributed by atoms with van der Waals surface area (Å²) in [6.07, 6.45) is -0.00901. The molecule has 0 radical (unpaired) electrons. The first-order valence-corrected chi connectivity index (χ1v) is 8.51. The first kappa shape index (κ1) is 16.3. The first-order valence-electron chi connectivity index (χ1n) is 6.86. The van der Waals surface area contributed by atoms with Gasteiger partial charge in [-0.05, 0) is 32.0 Å². The topological polar surface area (TPSA) is 55.4 Å². The summed E-state index contributed by atoms with van der Waals surface area (Å²) in [6.45, 7) is 3.77. The van der Waals surface area contributed by atoms with E-state index < -0.39 is 21.6 Å². The summed E-state index contributed by atoms with van der Waals surface area (Å²) in [6, 6.07) is 12.5. The normalized spacial score (nSPS) is 11.5. The average molecular weight is 323 g/mol. The number of ether oxygens (including phenoxy) is 1. The fraction of sp³-hybridized carbons (Fsp3) is 0.250. The zero-order valence-corrected chi connectivity index (χ0v) is 13.2. The van der Waals surface area contributed by atoms with E-state index in [2.05, 4.69) is 4.72 Å². The van der Waals surface area contributed by atoms with Crippen LogP contribution < -0.4 is 9.46 Å². The lowest BCUT2D eigenvalue weighted by Gasteiger charge is -2.12. The summed E-state index contributed by atoms with van der Waals surface area (Å²) < 4.78 is 45.8. The molecule has 0 fully saturated rings. The molecule has 22 heavy (non-hydrogen) atoms. The molecule has 2 aromatic rings. The standard InChI is InChI=1S/C16H18FNO3S/c1-12(2)21-15-8-5-7-14(10-15)18-22(19,20)11-13-6-3-4-9-16(13)17/h3-10,12,18H,11H2,1-2H3. The van der Waals surface area contributed by atoms with Crippen molar-refractivity contribution in [3.63, 3.8) is 0 Å². The van der Waals surface area contributed by atoms with Gasteiger partial charge in [0.2, 0.25) is 10.0 Å². The summed E-state index contributed by atoms with van der Waals surface area (Å²) >= 11 is 0. The summed E-state index contributed by atoms with van der Waals surface area (Å²) in [5.74, 6) is -0.388. The quantitative estimate of drug-likeness (QED) is 0.884. The zero-order chi connectivity index (χ0) is 16.2. The largest absolute Gasteiger partial charge is 0.491 e. The number of nitrogens with one attached hydrogen (secondary N) is 1. The number of sulfonamides is 1. The highest BCUT2D eigenvalue weighted by Crippen LogP contribution is 2.21. The van der Waals surface area contributed by atoms with Crippen LogP contribution in [0.2, 0.25) is 0 Å². The average Bonchev–Trinajstić information content (AvgIpc) is 2.40. The summed E-state index contributed by atoms with van der Waals surface area (Å²) in [7, 11) is -3.70. The molecule has 6 heteroatoms. The van der Waals surface area contributed by atoms with Gasteiger partial charge in [-0.2, -0.15) is 0 Å². The van der Waals surface area contributed by atoms with E-state index in [0.29, 0.717) is 11.4 Å². The fourth-order valence-corrected chi connectivity index (χ4v) is 3.14. The zero-order valence-electron chi connectivity index (χ0n) is 12.4. The molecule has 0 spiro atoms. The minimum Gasteiger partial charge on any atom is -0.491 e. The van der Waals surface area contributed by atoms with Crippen molar-refractivity contribution < 1.29 is 17.5 Å². The smallest absolute Gasteiger partial charge is 0.237 e. The lowest BCUT2D eigenvalue weighted by Crippen LogP contribution is -2.16. The molecule has 0 aliphatic carbocycles. The van der Waals surface area contributed by atoms with Crippen molar-refractivity contribution in [1.29, 1.82) is 0 Å². The monoisotopic (exact) mass is 323 g/mol. The van der Waals surface area contributed by atoms with Gasteiger partial charge in [-0.25, -0.2) is 12.8 Å². The molecular formula is C16H18FNO3S. The fourth-order valence-electron chi connectivity index (χ4n) is 1.94. The molecule has 0 heterocycles. The van der Waals surface area contributed by atoms with Crippen molar-refractivity contribution >= 4 is 15.7 Å². The third-order valence-corrected chi connectivity index (χ3v) is 4.02. The molecule has 0 amide bonds. The van der Waals surface area contributed by atoms with Crippen molar-refractivity contribution in [2.75, 3.05) is 4.72 Å². The molecule has 0 saturated carbocycles. The van der Waals surface area contributed by atoms with Crippen LogP contribution in [0.15, 0.2) is 48.5 Å². The van der Waals surface area contributed by atoms with Gasteiger partial charge in [0.15, 0.2) is 0 Å². The molecule has 1 N–H and O–H groups in total. The second-order valence-electron chi connectivity index (χ2n) is 5.15. The minimum atomic E-state index is -3.70. The number of rotatable bonds is 6. The van der Waals surface area contributed by atoms with Crippen LogP contribution in [0.4, 0.5) is 10.1 Å². The van der Waals surface area contributed by atoms with Crippen molar-refractivity contribution in [1.82, 2.24) is 0 Å². The van der Waals surface area contributed by atoms with Gasteiger partial charge in [-0.15, -0.1) is 0 Å². The van der Waals surface area contributed by atoms with E-state index in [9.17, 15) is 12.8 Å². The van der Waals surface area contributed by atoms with E-state index in [4.69, 9.17) is 4.74 Å². The number of halogens is 1. The predicted octanol–water partition coefficient (Wildman–Crippen LogP) is 3.55. The van der Waals surface area contributed by atoms with Gasteiger partial charge in [0.05, 0.1) is 17.5 Å². The second kappa shape index (κ2) is 6.79. The molecule has 0 saturated heterocycles. The molecule has 2 aromatic carbocycles. The Morgan fingerprint density at radius 1 is 1.14 bits per heavy atom. The number of benzene rings is 2. The molecular weight excluding hydrogens is 305 g/mol. The Balaban J connectivity index is 2.13. The molecule has 0 bridgehead atoms. The first-order chi connectivity index (χ1) is 10.4. The lowest BCUT2D eigenvalue weighted by atomic mass is 10.2. The highest BCUT2D eigenvalue weighted by Gasteiger charge is 2.15. The van der Waals surface area contributed by atoms with Gasteiger partial charge in [0.25, 0.3) is 0 Å². The Kier molecular flexibility index (Phi) is 5.03. The van der Waals surface area contributed by atoms with Crippen molar-refractivity contribution in [3.8, 4) is 5.75 Å². The van der Waals surface area contributed by atoms with E-state index in [0.717, 1.165) is 0 Å². The third kappa shape index (κ3) is 4.73. The molecule has 4 nitrogen and oxygen atoms in total. The van der Waals surface area contributed by atoms with Crippen molar-refractivity contribution in [2.24, 2.45) is 0 Å². The molecule has 0 atom stereocenters. The Morgan fingerprint density at radius 3 is 2.55 bits per heavy atom. The predicted molar refractivity (Wildman–Crippen MR) is 84.9 cm³/mol. The minimum absolute atomic E-state index is 0.00901. The molecule has 0 unspecified atom stereocenters. The maximum atomic E-state index is 13.6. The molecule has 118 valence electrons. The van der Waals surface area contributed by atoms with E-state index in [1.54, 1.807) is 30.3 Å². The SMILES string of the molecule is CC(C)Oc1cccc(NS(=O)(=O)Cc2ccccc2F)c1. The Bertz CT molecular complexity index is 745. The van der Waals surface area contributed by atoms with E-state index in [1.807, 2.05) is 13.8 Å². The Labute approximate surface area is 130 Å².